The third-order valence-electron chi connectivity index (χ3n) is 1.70. The Morgan fingerprint density at radius 1 is 1.28 bits per heavy atom. The van der Waals surface area contributed by atoms with Crippen molar-refractivity contribution in [3.8, 4) is 0 Å². The number of hydrogen-bond donors (Lipinski definition) is 0. The van der Waals surface area contributed by atoms with Gasteiger partial charge in [0.05, 0.1) is 4.92 Å². The fourth-order valence-electron chi connectivity index (χ4n) is 0.894. The number of nitro benzene ring substituents is 1. The van der Waals surface area contributed by atoms with Crippen LogP contribution in [0.1, 0.15) is 33.1 Å². The molecule has 1 aromatic carbocycles. The Hall–Kier alpha value is -1.42. The number of nitrogens with zero attached hydrogens (tertiary/aromatic N) is 1. The van der Waals surface area contributed by atoms with E-state index in [4.69, 9.17) is 16.4 Å². The summed E-state index contributed by atoms with van der Waals surface area (Å²) in [7, 11) is 0. The number of hydrogen-bond acceptors (Lipinski definition) is 3. The quantitative estimate of drug-likeness (QED) is 0.271. The zero-order valence-corrected chi connectivity index (χ0v) is 11.6. The van der Waals surface area contributed by atoms with Crippen molar-refractivity contribution in [2.45, 2.75) is 33.1 Å². The molecule has 0 radical (unpaired) electrons. The lowest BCUT2D eigenvalue weighted by Crippen LogP contribution is -1.84. The van der Waals surface area contributed by atoms with Gasteiger partial charge in [0.2, 0.25) is 0 Å². The summed E-state index contributed by atoms with van der Waals surface area (Å²) in [6, 6.07) is 7.93. The fourth-order valence-corrected chi connectivity index (χ4v) is 1.08. The Balaban J connectivity index is 0. The molecule has 4 nitrogen and oxygen atoms in total. The maximum atomic E-state index is 10.0. The highest BCUT2D eigenvalue weighted by Crippen LogP contribution is 2.06. The SMILES string of the molecule is CC=O.CCCCCCl.O=[N+]([O-])c1ccccc1. The summed E-state index contributed by atoms with van der Waals surface area (Å²) >= 11 is 5.38. The first-order chi connectivity index (χ1) is 8.63. The van der Waals surface area contributed by atoms with E-state index in [-0.39, 0.29) is 5.69 Å². The van der Waals surface area contributed by atoms with E-state index in [2.05, 4.69) is 6.92 Å². The molecule has 0 spiro atoms. The molecule has 0 atom stereocenters. The highest BCUT2D eigenvalue weighted by molar-refractivity contribution is 6.17. The smallest absolute Gasteiger partial charge is 0.269 e. The van der Waals surface area contributed by atoms with Crippen molar-refractivity contribution in [3.63, 3.8) is 0 Å². The van der Waals surface area contributed by atoms with E-state index in [1.165, 1.54) is 38.3 Å². The van der Waals surface area contributed by atoms with Gasteiger partial charge in [0.1, 0.15) is 6.29 Å². The zero-order valence-electron chi connectivity index (χ0n) is 10.8. The van der Waals surface area contributed by atoms with Crippen LogP contribution in [0.2, 0.25) is 0 Å². The monoisotopic (exact) mass is 273 g/mol. The molecule has 1 rings (SSSR count). The van der Waals surface area contributed by atoms with Crippen molar-refractivity contribution >= 4 is 23.6 Å². The van der Waals surface area contributed by atoms with Crippen LogP contribution in [0.15, 0.2) is 30.3 Å². The molecule has 102 valence electrons. The van der Waals surface area contributed by atoms with Gasteiger partial charge in [-0.05, 0) is 13.3 Å². The molecule has 0 aliphatic rings. The largest absolute Gasteiger partial charge is 0.304 e. The summed E-state index contributed by atoms with van der Waals surface area (Å²) in [6.07, 6.45) is 4.48. The second kappa shape index (κ2) is 15.6. The standard InChI is InChI=1S/C6H5NO2.C5H11Cl.C2H4O/c8-7(9)6-4-2-1-3-5-6;1-2-3-4-5-6;1-2-3/h1-5H;2-5H2,1H3;2H,1H3. The summed E-state index contributed by atoms with van der Waals surface area (Å²) in [4.78, 5) is 18.4. The Morgan fingerprint density at radius 2 is 1.78 bits per heavy atom. The minimum Gasteiger partial charge on any atom is -0.304 e. The number of unbranched alkanes of at least 4 members (excludes halogenated alkanes) is 2. The molecule has 0 bridgehead atoms. The molecule has 0 heterocycles. The molecule has 0 aliphatic carbocycles. The molecule has 5 heteroatoms. The minimum absolute atomic E-state index is 0.137. The van der Waals surface area contributed by atoms with Crippen LogP contribution < -0.4 is 0 Å². The van der Waals surface area contributed by atoms with Crippen LogP contribution in [0, 0.1) is 10.1 Å². The molecule has 0 aromatic heterocycles. The normalized spacial score (nSPS) is 8.17. The lowest BCUT2D eigenvalue weighted by molar-refractivity contribution is -0.384. The summed E-state index contributed by atoms with van der Waals surface area (Å²) < 4.78 is 0. The average Bonchev–Trinajstić information content (AvgIpc) is 2.39. The van der Waals surface area contributed by atoms with Gasteiger partial charge in [-0.2, -0.15) is 0 Å². The number of aldehydes is 1. The highest BCUT2D eigenvalue weighted by atomic mass is 35.5. The predicted octanol–water partition coefficient (Wildman–Crippen LogP) is 4.22. The van der Waals surface area contributed by atoms with E-state index in [0.29, 0.717) is 0 Å². The number of alkyl halides is 1. The van der Waals surface area contributed by atoms with Gasteiger partial charge < -0.3 is 4.79 Å². The number of non-ortho nitro benzene ring substituents is 1. The van der Waals surface area contributed by atoms with Gasteiger partial charge in [-0.3, -0.25) is 10.1 Å². The molecule has 0 amide bonds. The molecule has 0 fully saturated rings. The summed E-state index contributed by atoms with van der Waals surface area (Å²) in [5, 5.41) is 10.0. The molecule has 18 heavy (non-hydrogen) atoms. The van der Waals surface area contributed by atoms with Gasteiger partial charge in [0, 0.05) is 18.0 Å². The molecule has 1 aromatic rings. The predicted molar refractivity (Wildman–Crippen MR) is 75.1 cm³/mol. The first-order valence-corrected chi connectivity index (χ1v) is 6.32. The second-order valence-corrected chi connectivity index (χ2v) is 3.60. The topological polar surface area (TPSA) is 60.2 Å². The van der Waals surface area contributed by atoms with E-state index in [1.54, 1.807) is 18.2 Å². The maximum absolute atomic E-state index is 10.0. The molecule has 0 unspecified atom stereocenters. The van der Waals surface area contributed by atoms with Crippen LogP contribution in [0.3, 0.4) is 0 Å². The molecular formula is C13H20ClNO3. The molecule has 0 saturated heterocycles. The van der Waals surface area contributed by atoms with Crippen molar-refractivity contribution < 1.29 is 9.72 Å². The van der Waals surface area contributed by atoms with E-state index < -0.39 is 4.92 Å². The number of carbonyl (C=O) groups excluding carboxylic acids is 1. The third-order valence-corrected chi connectivity index (χ3v) is 1.97. The summed E-state index contributed by atoms with van der Waals surface area (Å²) in [6.45, 7) is 3.62. The van der Waals surface area contributed by atoms with E-state index in [1.807, 2.05) is 0 Å². The third kappa shape index (κ3) is 14.6. The van der Waals surface area contributed by atoms with Crippen molar-refractivity contribution in [2.75, 3.05) is 5.88 Å². The molecule has 0 saturated carbocycles. The zero-order chi connectivity index (χ0) is 14.2. The van der Waals surface area contributed by atoms with Crippen LogP contribution in [0.5, 0.6) is 0 Å². The van der Waals surface area contributed by atoms with Gasteiger partial charge in [0.15, 0.2) is 0 Å². The van der Waals surface area contributed by atoms with Crippen LogP contribution in [0.4, 0.5) is 5.69 Å². The Morgan fingerprint density at radius 3 is 2.00 bits per heavy atom. The first-order valence-electron chi connectivity index (χ1n) is 5.79. The molecular weight excluding hydrogens is 254 g/mol. The summed E-state index contributed by atoms with van der Waals surface area (Å²) in [5.74, 6) is 0.827. The lowest BCUT2D eigenvalue weighted by Gasteiger charge is -1.85. The van der Waals surface area contributed by atoms with Crippen molar-refractivity contribution in [1.29, 1.82) is 0 Å². The number of halogens is 1. The van der Waals surface area contributed by atoms with Crippen LogP contribution >= 0.6 is 11.6 Å². The van der Waals surface area contributed by atoms with Crippen LogP contribution in [0.25, 0.3) is 0 Å². The number of benzene rings is 1. The Kier molecular flexibility index (Phi) is 16.4. The Labute approximate surface area is 113 Å². The van der Waals surface area contributed by atoms with Crippen molar-refractivity contribution in [1.82, 2.24) is 0 Å². The van der Waals surface area contributed by atoms with Gasteiger partial charge in [-0.1, -0.05) is 38.0 Å². The first kappa shape index (κ1) is 18.9. The fraction of sp³-hybridized carbons (Fsp3) is 0.462. The van der Waals surface area contributed by atoms with Gasteiger partial charge in [-0.15, -0.1) is 11.6 Å². The summed E-state index contributed by atoms with van der Waals surface area (Å²) in [5.41, 5.74) is 0.137. The van der Waals surface area contributed by atoms with Gasteiger partial charge >= 0.3 is 0 Å². The van der Waals surface area contributed by atoms with E-state index in [0.717, 1.165) is 12.2 Å². The van der Waals surface area contributed by atoms with E-state index in [9.17, 15) is 10.1 Å². The van der Waals surface area contributed by atoms with E-state index >= 15 is 0 Å². The lowest BCUT2D eigenvalue weighted by atomic mass is 10.3. The average molecular weight is 274 g/mol. The number of para-hydroxylation sites is 1. The number of rotatable bonds is 4. The molecule has 0 N–H and O–H groups in total. The highest BCUT2D eigenvalue weighted by Gasteiger charge is 1.98. The van der Waals surface area contributed by atoms with Crippen molar-refractivity contribution in [3.05, 3.63) is 40.4 Å². The van der Waals surface area contributed by atoms with Gasteiger partial charge in [0.25, 0.3) is 5.69 Å². The van der Waals surface area contributed by atoms with Crippen molar-refractivity contribution in [2.24, 2.45) is 0 Å². The van der Waals surface area contributed by atoms with Crippen LogP contribution in [-0.4, -0.2) is 17.1 Å². The molecule has 0 aliphatic heterocycles. The number of nitro groups is 1. The van der Waals surface area contributed by atoms with Gasteiger partial charge in [-0.25, -0.2) is 0 Å². The number of carbonyl (C=O) groups is 1. The van der Waals surface area contributed by atoms with Crippen LogP contribution in [-0.2, 0) is 4.79 Å². The maximum Gasteiger partial charge on any atom is 0.269 e. The second-order valence-electron chi connectivity index (χ2n) is 3.22. The minimum atomic E-state index is -0.417. The Bertz CT molecular complexity index is 300.